The third-order valence-electron chi connectivity index (χ3n) is 3.80. The van der Waals surface area contributed by atoms with Gasteiger partial charge in [-0.25, -0.2) is 0 Å². The Hall–Kier alpha value is -0.860. The molecule has 0 heterocycles. The van der Waals surface area contributed by atoms with Crippen molar-refractivity contribution in [1.82, 2.24) is 0 Å². The summed E-state index contributed by atoms with van der Waals surface area (Å²) in [6.07, 6.45) is 2.09. The lowest BCUT2D eigenvalue weighted by Gasteiger charge is -2.24. The number of hydrogen-bond acceptors (Lipinski definition) is 2. The number of carboxylic acids is 1. The molecule has 0 aliphatic heterocycles. The van der Waals surface area contributed by atoms with Crippen molar-refractivity contribution in [3.8, 4) is 0 Å². The second-order valence-electron chi connectivity index (χ2n) is 6.16. The number of fused-ring (bicyclic) bond motifs is 1. The van der Waals surface area contributed by atoms with Crippen molar-refractivity contribution >= 4 is 11.8 Å². The van der Waals surface area contributed by atoms with Crippen LogP contribution in [0.15, 0.2) is 0 Å². The van der Waals surface area contributed by atoms with Gasteiger partial charge in [-0.1, -0.05) is 20.8 Å². The first-order valence-corrected chi connectivity index (χ1v) is 5.55. The first-order chi connectivity index (χ1) is 6.79. The standard InChI is InChI=1S/C12H18O3/c1-11(2,3)6-12-7(4-5-8(12)13)9(12)10(14)15/h7,9H,4-6H2,1-3H3,(H,14,15)/t7-,9-,12-/m1/s1. The first-order valence-electron chi connectivity index (χ1n) is 5.55. The van der Waals surface area contributed by atoms with Crippen LogP contribution in [0.2, 0.25) is 0 Å². The van der Waals surface area contributed by atoms with Crippen LogP contribution >= 0.6 is 0 Å². The van der Waals surface area contributed by atoms with Gasteiger partial charge in [0, 0.05) is 11.8 Å². The van der Waals surface area contributed by atoms with Crippen LogP contribution in [0.25, 0.3) is 0 Å². The number of carbonyl (C=O) groups is 2. The Labute approximate surface area is 89.9 Å². The Bertz CT molecular complexity index is 326. The summed E-state index contributed by atoms with van der Waals surface area (Å²) in [6.45, 7) is 6.21. The molecule has 2 saturated carbocycles. The fourth-order valence-electron chi connectivity index (χ4n) is 3.45. The van der Waals surface area contributed by atoms with Gasteiger partial charge in [0.2, 0.25) is 0 Å². The molecular weight excluding hydrogens is 192 g/mol. The molecule has 15 heavy (non-hydrogen) atoms. The molecule has 0 amide bonds. The average Bonchev–Trinajstić information content (AvgIpc) is 2.57. The molecule has 0 spiro atoms. The summed E-state index contributed by atoms with van der Waals surface area (Å²) in [7, 11) is 0. The molecule has 2 aliphatic carbocycles. The highest BCUT2D eigenvalue weighted by atomic mass is 16.4. The Kier molecular flexibility index (Phi) is 2.01. The van der Waals surface area contributed by atoms with Crippen LogP contribution in [-0.2, 0) is 9.59 Å². The van der Waals surface area contributed by atoms with Crippen LogP contribution in [0, 0.1) is 22.7 Å². The van der Waals surface area contributed by atoms with Crippen LogP contribution < -0.4 is 0 Å². The van der Waals surface area contributed by atoms with Gasteiger partial charge in [-0.05, 0) is 24.2 Å². The van der Waals surface area contributed by atoms with Gasteiger partial charge in [-0.3, -0.25) is 9.59 Å². The average molecular weight is 210 g/mol. The molecule has 3 heteroatoms. The molecule has 0 aromatic carbocycles. The summed E-state index contributed by atoms with van der Waals surface area (Å²) in [5.74, 6) is -0.855. The van der Waals surface area contributed by atoms with E-state index in [0.717, 1.165) is 12.8 Å². The lowest BCUT2D eigenvalue weighted by molar-refractivity contribution is -0.142. The van der Waals surface area contributed by atoms with Crippen LogP contribution in [0.1, 0.15) is 40.0 Å². The summed E-state index contributed by atoms with van der Waals surface area (Å²) in [5, 5.41) is 9.09. The highest BCUT2D eigenvalue weighted by Gasteiger charge is 2.74. The molecule has 3 nitrogen and oxygen atoms in total. The Morgan fingerprint density at radius 2 is 2.13 bits per heavy atom. The quantitative estimate of drug-likeness (QED) is 0.759. The highest BCUT2D eigenvalue weighted by Crippen LogP contribution is 2.70. The van der Waals surface area contributed by atoms with Gasteiger partial charge in [0.05, 0.1) is 5.92 Å². The zero-order chi connectivity index (χ0) is 11.4. The molecule has 0 bridgehead atoms. The van der Waals surface area contributed by atoms with Crippen molar-refractivity contribution in [2.24, 2.45) is 22.7 Å². The third-order valence-corrected chi connectivity index (χ3v) is 3.80. The smallest absolute Gasteiger partial charge is 0.307 e. The molecule has 84 valence electrons. The Morgan fingerprint density at radius 3 is 2.53 bits per heavy atom. The number of rotatable bonds is 2. The SMILES string of the molecule is CC(C)(C)C[C@]12C(=O)CC[C@@H]1[C@@H]2C(=O)O. The molecule has 0 saturated heterocycles. The maximum atomic E-state index is 11.9. The van der Waals surface area contributed by atoms with Gasteiger partial charge in [0.25, 0.3) is 0 Å². The second-order valence-corrected chi connectivity index (χ2v) is 6.16. The Morgan fingerprint density at radius 1 is 1.53 bits per heavy atom. The van der Waals surface area contributed by atoms with E-state index in [1.807, 2.05) is 0 Å². The summed E-state index contributed by atoms with van der Waals surface area (Å²) < 4.78 is 0. The summed E-state index contributed by atoms with van der Waals surface area (Å²) in [5.41, 5.74) is -0.466. The maximum absolute atomic E-state index is 11.9. The molecule has 0 unspecified atom stereocenters. The fourth-order valence-corrected chi connectivity index (χ4v) is 3.45. The van der Waals surface area contributed by atoms with Crippen molar-refractivity contribution in [3.63, 3.8) is 0 Å². The van der Waals surface area contributed by atoms with Crippen LogP contribution in [-0.4, -0.2) is 16.9 Å². The first kappa shape index (κ1) is 10.7. The molecule has 0 radical (unpaired) electrons. The second kappa shape index (κ2) is 2.83. The minimum Gasteiger partial charge on any atom is -0.481 e. The lowest BCUT2D eigenvalue weighted by atomic mass is 9.79. The lowest BCUT2D eigenvalue weighted by Crippen LogP contribution is -2.25. The van der Waals surface area contributed by atoms with Gasteiger partial charge in [0.15, 0.2) is 0 Å². The zero-order valence-corrected chi connectivity index (χ0v) is 9.54. The van der Waals surface area contributed by atoms with Crippen molar-refractivity contribution in [1.29, 1.82) is 0 Å². The maximum Gasteiger partial charge on any atom is 0.307 e. The topological polar surface area (TPSA) is 54.4 Å². The van der Waals surface area contributed by atoms with E-state index in [1.165, 1.54) is 0 Å². The number of carbonyl (C=O) groups excluding carboxylic acids is 1. The van der Waals surface area contributed by atoms with Crippen molar-refractivity contribution in [3.05, 3.63) is 0 Å². The van der Waals surface area contributed by atoms with Gasteiger partial charge >= 0.3 is 5.97 Å². The predicted octanol–water partition coefficient (Wildman–Crippen LogP) is 2.10. The summed E-state index contributed by atoms with van der Waals surface area (Å²) >= 11 is 0. The number of carboxylic acid groups (broad SMARTS) is 1. The normalized spacial score (nSPS) is 39.0. The molecular formula is C12H18O3. The Balaban J connectivity index is 2.24. The van der Waals surface area contributed by atoms with E-state index in [0.29, 0.717) is 6.42 Å². The van der Waals surface area contributed by atoms with Crippen LogP contribution in [0.4, 0.5) is 0 Å². The molecule has 0 aromatic heterocycles. The van der Waals surface area contributed by atoms with Crippen molar-refractivity contribution in [2.75, 3.05) is 0 Å². The van der Waals surface area contributed by atoms with E-state index in [2.05, 4.69) is 20.8 Å². The highest BCUT2D eigenvalue weighted by molar-refractivity contribution is 5.98. The van der Waals surface area contributed by atoms with Gasteiger partial charge in [-0.15, -0.1) is 0 Å². The number of aliphatic carboxylic acids is 1. The van der Waals surface area contributed by atoms with Crippen molar-refractivity contribution in [2.45, 2.75) is 40.0 Å². The monoisotopic (exact) mass is 210 g/mol. The summed E-state index contributed by atoms with van der Waals surface area (Å²) in [4.78, 5) is 22.9. The molecule has 1 N–H and O–H groups in total. The van der Waals surface area contributed by atoms with Gasteiger partial charge in [0.1, 0.15) is 5.78 Å². The number of ketones is 1. The largest absolute Gasteiger partial charge is 0.481 e. The van der Waals surface area contributed by atoms with Crippen molar-refractivity contribution < 1.29 is 14.7 Å². The number of hydrogen-bond donors (Lipinski definition) is 1. The van der Waals surface area contributed by atoms with E-state index in [4.69, 9.17) is 5.11 Å². The predicted molar refractivity (Wildman–Crippen MR) is 55.4 cm³/mol. The number of Topliss-reactive ketones (excluding diaryl/α,β-unsaturated/α-hetero) is 1. The molecule has 2 fully saturated rings. The minimum absolute atomic E-state index is 0.0302. The van der Waals surface area contributed by atoms with E-state index in [9.17, 15) is 9.59 Å². The zero-order valence-electron chi connectivity index (χ0n) is 9.54. The van der Waals surface area contributed by atoms with Crippen LogP contribution in [0.5, 0.6) is 0 Å². The summed E-state index contributed by atoms with van der Waals surface area (Å²) in [6, 6.07) is 0. The third kappa shape index (κ3) is 1.40. The van der Waals surface area contributed by atoms with Crippen LogP contribution in [0.3, 0.4) is 0 Å². The molecule has 0 aromatic rings. The fraction of sp³-hybridized carbons (Fsp3) is 0.833. The van der Waals surface area contributed by atoms with Gasteiger partial charge < -0.3 is 5.11 Å². The van der Waals surface area contributed by atoms with E-state index in [-0.39, 0.29) is 17.1 Å². The van der Waals surface area contributed by atoms with Gasteiger partial charge in [-0.2, -0.15) is 0 Å². The minimum atomic E-state index is -0.780. The molecule has 2 rings (SSSR count). The van der Waals surface area contributed by atoms with E-state index in [1.54, 1.807) is 0 Å². The molecule has 2 aliphatic rings. The molecule has 3 atom stereocenters. The van der Waals surface area contributed by atoms with E-state index < -0.39 is 17.3 Å². The van der Waals surface area contributed by atoms with E-state index >= 15 is 0 Å².